The lowest BCUT2D eigenvalue weighted by atomic mass is 10.1. The second-order valence-corrected chi connectivity index (χ2v) is 5.01. The quantitative estimate of drug-likeness (QED) is 0.842. The number of ether oxygens (including phenoxy) is 1. The minimum Gasteiger partial charge on any atom is -0.380 e. The number of rotatable bonds is 5. The van der Waals surface area contributed by atoms with Crippen LogP contribution in [0, 0.1) is 0 Å². The SMILES string of the molecule is CCOCCN1C(=O)C(C)NC1c1ccc(Cl)cc1. The number of carbonyl (C=O) groups excluding carboxylic acids is 1. The lowest BCUT2D eigenvalue weighted by molar-refractivity contribution is -0.130. The summed E-state index contributed by atoms with van der Waals surface area (Å²) in [4.78, 5) is 14.0. The highest BCUT2D eigenvalue weighted by Crippen LogP contribution is 2.25. The van der Waals surface area contributed by atoms with E-state index < -0.39 is 0 Å². The summed E-state index contributed by atoms with van der Waals surface area (Å²) < 4.78 is 5.34. The third-order valence-corrected chi connectivity index (χ3v) is 3.49. The van der Waals surface area contributed by atoms with Crippen LogP contribution in [0.2, 0.25) is 5.02 Å². The van der Waals surface area contributed by atoms with Gasteiger partial charge in [0.15, 0.2) is 0 Å². The molecular formula is C14H19ClN2O2. The summed E-state index contributed by atoms with van der Waals surface area (Å²) in [5, 5.41) is 3.99. The first-order valence-electron chi connectivity index (χ1n) is 6.53. The number of nitrogens with one attached hydrogen (secondary N) is 1. The number of hydrogen-bond acceptors (Lipinski definition) is 3. The van der Waals surface area contributed by atoms with E-state index in [4.69, 9.17) is 16.3 Å². The zero-order valence-electron chi connectivity index (χ0n) is 11.2. The number of nitrogens with zero attached hydrogens (tertiary/aromatic N) is 1. The first-order chi connectivity index (χ1) is 9.13. The average Bonchev–Trinajstić information content (AvgIpc) is 2.68. The molecule has 1 amide bonds. The van der Waals surface area contributed by atoms with Gasteiger partial charge in [0.1, 0.15) is 6.17 Å². The van der Waals surface area contributed by atoms with Gasteiger partial charge in [-0.3, -0.25) is 10.1 Å². The van der Waals surface area contributed by atoms with Crippen LogP contribution in [0.15, 0.2) is 24.3 Å². The highest BCUT2D eigenvalue weighted by atomic mass is 35.5. The number of hydrogen-bond donors (Lipinski definition) is 1. The summed E-state index contributed by atoms with van der Waals surface area (Å²) in [7, 11) is 0. The Morgan fingerprint density at radius 3 is 2.68 bits per heavy atom. The lowest BCUT2D eigenvalue weighted by Gasteiger charge is -2.24. The molecule has 1 aliphatic rings. The molecule has 1 aliphatic heterocycles. The molecule has 0 bridgehead atoms. The summed E-state index contributed by atoms with van der Waals surface area (Å²) in [5.41, 5.74) is 1.04. The van der Waals surface area contributed by atoms with Crippen molar-refractivity contribution in [1.29, 1.82) is 0 Å². The lowest BCUT2D eigenvalue weighted by Crippen LogP contribution is -2.33. The molecule has 2 atom stereocenters. The van der Waals surface area contributed by atoms with Gasteiger partial charge < -0.3 is 9.64 Å². The smallest absolute Gasteiger partial charge is 0.241 e. The van der Waals surface area contributed by atoms with Gasteiger partial charge in [0.05, 0.1) is 12.6 Å². The van der Waals surface area contributed by atoms with Crippen LogP contribution in [0.4, 0.5) is 0 Å². The van der Waals surface area contributed by atoms with Crippen molar-refractivity contribution in [3.05, 3.63) is 34.9 Å². The molecule has 1 N–H and O–H groups in total. The first-order valence-corrected chi connectivity index (χ1v) is 6.91. The van der Waals surface area contributed by atoms with Crippen LogP contribution in [-0.2, 0) is 9.53 Å². The fourth-order valence-electron chi connectivity index (χ4n) is 2.24. The Labute approximate surface area is 118 Å². The van der Waals surface area contributed by atoms with E-state index in [1.165, 1.54) is 0 Å². The third kappa shape index (κ3) is 3.26. The molecule has 1 fully saturated rings. The summed E-state index contributed by atoms with van der Waals surface area (Å²) in [5.74, 6) is 0.111. The molecule has 2 rings (SSSR count). The summed E-state index contributed by atoms with van der Waals surface area (Å²) in [6.07, 6.45) is -0.0970. The first kappa shape index (κ1) is 14.3. The van der Waals surface area contributed by atoms with Gasteiger partial charge in [-0.05, 0) is 31.5 Å². The van der Waals surface area contributed by atoms with Gasteiger partial charge in [-0.15, -0.1) is 0 Å². The van der Waals surface area contributed by atoms with Crippen molar-refractivity contribution in [3.63, 3.8) is 0 Å². The van der Waals surface area contributed by atoms with Crippen LogP contribution in [-0.4, -0.2) is 36.6 Å². The predicted octanol–water partition coefficient (Wildman–Crippen LogP) is 2.20. The molecular weight excluding hydrogens is 264 g/mol. The van der Waals surface area contributed by atoms with Crippen LogP contribution >= 0.6 is 11.6 Å². The standard InChI is InChI=1S/C14H19ClN2O2/c1-3-19-9-8-17-13(16-10(2)14(17)18)11-4-6-12(15)7-5-11/h4-7,10,13,16H,3,8-9H2,1-2H3. The van der Waals surface area contributed by atoms with Crippen molar-refractivity contribution in [3.8, 4) is 0 Å². The van der Waals surface area contributed by atoms with Gasteiger partial charge in [-0.2, -0.15) is 0 Å². The molecule has 0 saturated carbocycles. The Morgan fingerprint density at radius 1 is 1.37 bits per heavy atom. The van der Waals surface area contributed by atoms with Gasteiger partial charge in [0.25, 0.3) is 0 Å². The average molecular weight is 283 g/mol. The molecule has 2 unspecified atom stereocenters. The number of benzene rings is 1. The fourth-order valence-corrected chi connectivity index (χ4v) is 2.37. The highest BCUT2D eigenvalue weighted by molar-refractivity contribution is 6.30. The van der Waals surface area contributed by atoms with Gasteiger partial charge in [-0.1, -0.05) is 23.7 Å². The van der Waals surface area contributed by atoms with Crippen LogP contribution in [0.3, 0.4) is 0 Å². The summed E-state index contributed by atoms with van der Waals surface area (Å²) in [6.45, 7) is 5.64. The molecule has 0 spiro atoms. The van der Waals surface area contributed by atoms with Crippen LogP contribution in [0.1, 0.15) is 25.6 Å². The summed E-state index contributed by atoms with van der Waals surface area (Å²) in [6, 6.07) is 7.40. The molecule has 0 aliphatic carbocycles. The minimum absolute atomic E-state index is 0.0970. The zero-order chi connectivity index (χ0) is 13.8. The monoisotopic (exact) mass is 282 g/mol. The topological polar surface area (TPSA) is 41.6 Å². The van der Waals surface area contributed by atoms with E-state index in [9.17, 15) is 4.79 Å². The van der Waals surface area contributed by atoms with E-state index in [0.717, 1.165) is 5.56 Å². The van der Waals surface area contributed by atoms with Crippen molar-refractivity contribution in [2.24, 2.45) is 0 Å². The molecule has 5 heteroatoms. The molecule has 0 aromatic heterocycles. The van der Waals surface area contributed by atoms with E-state index >= 15 is 0 Å². The fraction of sp³-hybridized carbons (Fsp3) is 0.500. The van der Waals surface area contributed by atoms with Crippen molar-refractivity contribution in [2.45, 2.75) is 26.1 Å². The van der Waals surface area contributed by atoms with E-state index in [-0.39, 0.29) is 18.1 Å². The normalized spacial score (nSPS) is 23.1. The molecule has 104 valence electrons. The Morgan fingerprint density at radius 2 is 2.05 bits per heavy atom. The van der Waals surface area contributed by atoms with Gasteiger partial charge in [0.2, 0.25) is 5.91 Å². The van der Waals surface area contributed by atoms with E-state index in [2.05, 4.69) is 5.32 Å². The van der Waals surface area contributed by atoms with Crippen molar-refractivity contribution >= 4 is 17.5 Å². The van der Waals surface area contributed by atoms with Crippen molar-refractivity contribution < 1.29 is 9.53 Å². The third-order valence-electron chi connectivity index (χ3n) is 3.24. The number of halogens is 1. The second kappa shape index (κ2) is 6.37. The van der Waals surface area contributed by atoms with Crippen molar-refractivity contribution in [2.75, 3.05) is 19.8 Å². The summed E-state index contributed by atoms with van der Waals surface area (Å²) >= 11 is 5.89. The molecule has 19 heavy (non-hydrogen) atoms. The van der Waals surface area contributed by atoms with E-state index in [1.807, 2.05) is 43.0 Å². The predicted molar refractivity (Wildman–Crippen MR) is 75.0 cm³/mol. The molecule has 4 nitrogen and oxygen atoms in total. The molecule has 1 heterocycles. The Hall–Kier alpha value is -1.10. The van der Waals surface area contributed by atoms with Crippen LogP contribution < -0.4 is 5.32 Å². The van der Waals surface area contributed by atoms with E-state index in [0.29, 0.717) is 24.8 Å². The Balaban J connectivity index is 2.12. The molecule has 0 radical (unpaired) electrons. The van der Waals surface area contributed by atoms with E-state index in [1.54, 1.807) is 0 Å². The molecule has 1 aromatic rings. The Kier molecular flexibility index (Phi) is 4.80. The number of carbonyl (C=O) groups is 1. The maximum Gasteiger partial charge on any atom is 0.241 e. The highest BCUT2D eigenvalue weighted by Gasteiger charge is 2.36. The Bertz CT molecular complexity index is 436. The van der Waals surface area contributed by atoms with Crippen molar-refractivity contribution in [1.82, 2.24) is 10.2 Å². The molecule has 1 saturated heterocycles. The van der Waals surface area contributed by atoms with Crippen LogP contribution in [0.25, 0.3) is 0 Å². The van der Waals surface area contributed by atoms with Gasteiger partial charge >= 0.3 is 0 Å². The zero-order valence-corrected chi connectivity index (χ0v) is 12.0. The minimum atomic E-state index is -0.165. The molecule has 1 aromatic carbocycles. The number of amides is 1. The maximum atomic E-state index is 12.1. The maximum absolute atomic E-state index is 12.1. The second-order valence-electron chi connectivity index (χ2n) is 4.57. The van der Waals surface area contributed by atoms with Gasteiger partial charge in [-0.25, -0.2) is 0 Å². The van der Waals surface area contributed by atoms with Crippen LogP contribution in [0.5, 0.6) is 0 Å². The largest absolute Gasteiger partial charge is 0.380 e. The van der Waals surface area contributed by atoms with Gasteiger partial charge in [0, 0.05) is 18.2 Å².